The number of rotatable bonds is 2. The minimum Gasteiger partial charge on any atom is -0.478 e. The Labute approximate surface area is 68.2 Å². The van der Waals surface area contributed by atoms with Crippen LogP contribution in [-0.2, 0) is 4.79 Å². The van der Waals surface area contributed by atoms with Crippen LogP contribution in [0.3, 0.4) is 0 Å². The Morgan fingerprint density at radius 2 is 2.33 bits per heavy atom. The fourth-order valence-electron chi connectivity index (χ4n) is 0.687. The number of halogens is 1. The van der Waals surface area contributed by atoms with E-state index in [-0.39, 0.29) is 0 Å². The molecule has 0 radical (unpaired) electrons. The van der Waals surface area contributed by atoms with E-state index in [1.807, 2.05) is 0 Å². The molecule has 1 N–H and O–H groups in total. The summed E-state index contributed by atoms with van der Waals surface area (Å²) in [6.45, 7) is 0. The maximum absolute atomic E-state index is 12.4. The van der Waals surface area contributed by atoms with E-state index in [2.05, 4.69) is 4.98 Å². The summed E-state index contributed by atoms with van der Waals surface area (Å²) in [5.41, 5.74) is 0.428. The number of hydrogen-bond acceptors (Lipinski definition) is 2. The van der Waals surface area contributed by atoms with Gasteiger partial charge in [0.2, 0.25) is 0 Å². The molecule has 0 amide bonds. The predicted molar refractivity (Wildman–Crippen MR) is 40.9 cm³/mol. The second-order valence-electron chi connectivity index (χ2n) is 2.11. The standard InChI is InChI=1S/C8H6FNO2/c9-7-3-6(4-10-5-7)1-2-8(11)12/h1-5H,(H,11,12)/b2-1+. The highest BCUT2D eigenvalue weighted by Gasteiger charge is 1.92. The summed E-state index contributed by atoms with van der Waals surface area (Å²) in [6, 6.07) is 1.20. The van der Waals surface area contributed by atoms with Gasteiger partial charge >= 0.3 is 5.97 Å². The van der Waals surface area contributed by atoms with Crippen LogP contribution >= 0.6 is 0 Å². The first-order valence-electron chi connectivity index (χ1n) is 3.20. The van der Waals surface area contributed by atoms with Crippen molar-refractivity contribution in [2.45, 2.75) is 0 Å². The van der Waals surface area contributed by atoms with Crippen molar-refractivity contribution in [3.63, 3.8) is 0 Å². The number of aromatic nitrogens is 1. The van der Waals surface area contributed by atoms with Crippen molar-refractivity contribution in [3.8, 4) is 0 Å². The molecule has 1 aromatic heterocycles. The van der Waals surface area contributed by atoms with Gasteiger partial charge in [0.1, 0.15) is 5.82 Å². The van der Waals surface area contributed by atoms with Gasteiger partial charge < -0.3 is 5.11 Å². The SMILES string of the molecule is O=C(O)/C=C/c1cncc(F)c1. The highest BCUT2D eigenvalue weighted by Crippen LogP contribution is 2.02. The number of carboxylic acids is 1. The van der Waals surface area contributed by atoms with Gasteiger partial charge in [-0.25, -0.2) is 9.18 Å². The molecule has 0 aliphatic rings. The van der Waals surface area contributed by atoms with Crippen LogP contribution in [0.25, 0.3) is 6.08 Å². The first kappa shape index (κ1) is 8.39. The van der Waals surface area contributed by atoms with Crippen LogP contribution in [0.2, 0.25) is 0 Å². The first-order chi connectivity index (χ1) is 5.68. The highest BCUT2D eigenvalue weighted by molar-refractivity contribution is 5.85. The van der Waals surface area contributed by atoms with Crippen LogP contribution in [0.5, 0.6) is 0 Å². The fourth-order valence-corrected chi connectivity index (χ4v) is 0.687. The van der Waals surface area contributed by atoms with E-state index in [1.54, 1.807) is 0 Å². The van der Waals surface area contributed by atoms with Gasteiger partial charge in [-0.3, -0.25) is 4.98 Å². The Kier molecular flexibility index (Phi) is 2.53. The highest BCUT2D eigenvalue weighted by atomic mass is 19.1. The molecule has 1 heterocycles. The van der Waals surface area contributed by atoms with Gasteiger partial charge in [-0.2, -0.15) is 0 Å². The average molecular weight is 167 g/mol. The minimum absolute atomic E-state index is 0.428. The van der Waals surface area contributed by atoms with Crippen LogP contribution in [0.1, 0.15) is 5.56 Å². The zero-order chi connectivity index (χ0) is 8.97. The van der Waals surface area contributed by atoms with E-state index in [1.165, 1.54) is 18.3 Å². The Morgan fingerprint density at radius 3 is 2.92 bits per heavy atom. The number of hydrogen-bond donors (Lipinski definition) is 1. The Bertz CT molecular complexity index is 323. The molecule has 0 aromatic carbocycles. The molecule has 0 bridgehead atoms. The van der Waals surface area contributed by atoms with E-state index < -0.39 is 11.8 Å². The zero-order valence-corrected chi connectivity index (χ0v) is 6.07. The second-order valence-corrected chi connectivity index (χ2v) is 2.11. The molecule has 1 aromatic rings. The van der Waals surface area contributed by atoms with Crippen LogP contribution in [0, 0.1) is 5.82 Å². The van der Waals surface area contributed by atoms with Gasteiger partial charge in [-0.15, -0.1) is 0 Å². The molecule has 0 fully saturated rings. The van der Waals surface area contributed by atoms with E-state index >= 15 is 0 Å². The van der Waals surface area contributed by atoms with Crippen molar-refractivity contribution < 1.29 is 14.3 Å². The Hall–Kier alpha value is -1.71. The molecular weight excluding hydrogens is 161 g/mol. The average Bonchev–Trinajstić information content (AvgIpc) is 2.01. The van der Waals surface area contributed by atoms with Crippen LogP contribution in [0.15, 0.2) is 24.5 Å². The maximum atomic E-state index is 12.4. The van der Waals surface area contributed by atoms with Gasteiger partial charge in [-0.05, 0) is 17.7 Å². The zero-order valence-electron chi connectivity index (χ0n) is 6.07. The van der Waals surface area contributed by atoms with Gasteiger partial charge in [0.25, 0.3) is 0 Å². The maximum Gasteiger partial charge on any atom is 0.328 e. The smallest absolute Gasteiger partial charge is 0.328 e. The van der Waals surface area contributed by atoms with Crippen molar-refractivity contribution >= 4 is 12.0 Å². The summed E-state index contributed by atoms with van der Waals surface area (Å²) in [5, 5.41) is 8.24. The van der Waals surface area contributed by atoms with Crippen LogP contribution < -0.4 is 0 Å². The largest absolute Gasteiger partial charge is 0.478 e. The molecule has 0 aliphatic carbocycles. The summed E-state index contributed by atoms with van der Waals surface area (Å²) < 4.78 is 12.4. The topological polar surface area (TPSA) is 50.2 Å². The molecule has 0 saturated heterocycles. The number of aliphatic carboxylic acids is 1. The van der Waals surface area contributed by atoms with Crippen molar-refractivity contribution in [2.24, 2.45) is 0 Å². The van der Waals surface area contributed by atoms with Crippen molar-refractivity contribution in [2.75, 3.05) is 0 Å². The lowest BCUT2D eigenvalue weighted by atomic mass is 10.2. The lowest BCUT2D eigenvalue weighted by Gasteiger charge is -1.90. The molecule has 0 saturated carbocycles. The van der Waals surface area contributed by atoms with Gasteiger partial charge in [-0.1, -0.05) is 0 Å². The lowest BCUT2D eigenvalue weighted by molar-refractivity contribution is -0.131. The third-order valence-corrected chi connectivity index (χ3v) is 1.14. The first-order valence-corrected chi connectivity index (χ1v) is 3.20. The van der Waals surface area contributed by atoms with Crippen LogP contribution in [0.4, 0.5) is 4.39 Å². The van der Waals surface area contributed by atoms with Crippen molar-refractivity contribution in [1.29, 1.82) is 0 Å². The number of nitrogens with zero attached hydrogens (tertiary/aromatic N) is 1. The molecule has 0 spiro atoms. The molecule has 0 unspecified atom stereocenters. The minimum atomic E-state index is -1.07. The third kappa shape index (κ3) is 2.49. The summed E-state index contributed by atoms with van der Waals surface area (Å²) >= 11 is 0. The van der Waals surface area contributed by atoms with E-state index in [9.17, 15) is 9.18 Å². The van der Waals surface area contributed by atoms with Crippen molar-refractivity contribution in [3.05, 3.63) is 35.9 Å². The van der Waals surface area contributed by atoms with Crippen molar-refractivity contribution in [1.82, 2.24) is 4.98 Å². The summed E-state index contributed by atoms with van der Waals surface area (Å²) in [6.07, 6.45) is 4.63. The molecule has 4 heteroatoms. The predicted octanol–water partition coefficient (Wildman–Crippen LogP) is 1.32. The molecule has 0 aliphatic heterocycles. The molecule has 12 heavy (non-hydrogen) atoms. The Balaban J connectivity index is 2.83. The van der Waals surface area contributed by atoms with E-state index in [4.69, 9.17) is 5.11 Å². The molecule has 1 rings (SSSR count). The molecular formula is C8H6FNO2. The summed E-state index contributed by atoms with van der Waals surface area (Å²) in [4.78, 5) is 13.6. The van der Waals surface area contributed by atoms with Gasteiger partial charge in [0, 0.05) is 12.3 Å². The summed E-state index contributed by atoms with van der Waals surface area (Å²) in [7, 11) is 0. The van der Waals surface area contributed by atoms with Crippen LogP contribution in [-0.4, -0.2) is 16.1 Å². The normalized spacial score (nSPS) is 10.4. The third-order valence-electron chi connectivity index (χ3n) is 1.14. The lowest BCUT2D eigenvalue weighted by Crippen LogP contribution is -1.86. The molecule has 62 valence electrons. The summed E-state index contributed by atoms with van der Waals surface area (Å²) in [5.74, 6) is -1.55. The number of carbonyl (C=O) groups is 1. The van der Waals surface area contributed by atoms with Gasteiger partial charge in [0.05, 0.1) is 6.20 Å². The molecule has 3 nitrogen and oxygen atoms in total. The molecule has 0 atom stereocenters. The van der Waals surface area contributed by atoms with E-state index in [0.29, 0.717) is 5.56 Å². The number of pyridine rings is 1. The monoisotopic (exact) mass is 167 g/mol. The quantitative estimate of drug-likeness (QED) is 0.676. The Morgan fingerprint density at radius 1 is 1.58 bits per heavy atom. The number of carboxylic acid groups (broad SMARTS) is 1. The fraction of sp³-hybridized carbons (Fsp3) is 0. The van der Waals surface area contributed by atoms with E-state index in [0.717, 1.165) is 12.3 Å². The second kappa shape index (κ2) is 3.61. The van der Waals surface area contributed by atoms with Gasteiger partial charge in [0.15, 0.2) is 0 Å².